The number of rotatable bonds is 7. The Labute approximate surface area is 96.9 Å². The molecule has 0 aliphatic heterocycles. The van der Waals surface area contributed by atoms with E-state index in [0.29, 0.717) is 24.7 Å². The molecule has 1 heterocycles. The summed E-state index contributed by atoms with van der Waals surface area (Å²) in [5.74, 6) is 1.11. The third-order valence-corrected chi connectivity index (χ3v) is 2.70. The van der Waals surface area contributed by atoms with E-state index in [4.69, 9.17) is 5.73 Å². The van der Waals surface area contributed by atoms with Crippen molar-refractivity contribution in [3.8, 4) is 0 Å². The lowest BCUT2D eigenvalue weighted by atomic mass is 10.0. The molecule has 16 heavy (non-hydrogen) atoms. The van der Waals surface area contributed by atoms with Gasteiger partial charge in [0.1, 0.15) is 0 Å². The van der Waals surface area contributed by atoms with Crippen LogP contribution >= 0.6 is 0 Å². The predicted molar refractivity (Wildman–Crippen MR) is 64.3 cm³/mol. The molecule has 0 aliphatic carbocycles. The van der Waals surface area contributed by atoms with Gasteiger partial charge >= 0.3 is 0 Å². The van der Waals surface area contributed by atoms with E-state index in [9.17, 15) is 4.79 Å². The van der Waals surface area contributed by atoms with Gasteiger partial charge in [0.05, 0.1) is 0 Å². The lowest BCUT2D eigenvalue weighted by Crippen LogP contribution is -2.15. The van der Waals surface area contributed by atoms with Crippen molar-refractivity contribution >= 4 is 5.78 Å². The smallest absolute Gasteiger partial charge is 0.198 e. The highest BCUT2D eigenvalue weighted by Crippen LogP contribution is 2.09. The summed E-state index contributed by atoms with van der Waals surface area (Å²) in [6, 6.07) is 0. The predicted octanol–water partition coefficient (Wildman–Crippen LogP) is 1.85. The highest BCUT2D eigenvalue weighted by molar-refractivity contribution is 5.92. The van der Waals surface area contributed by atoms with Crippen LogP contribution in [0.15, 0.2) is 12.4 Å². The molecule has 1 atom stereocenters. The van der Waals surface area contributed by atoms with E-state index in [1.54, 1.807) is 6.20 Å². The number of hydrogen-bond donors (Lipinski definition) is 1. The molecule has 1 rings (SSSR count). The monoisotopic (exact) mass is 223 g/mol. The van der Waals surface area contributed by atoms with Crippen LogP contribution in [0.2, 0.25) is 0 Å². The Morgan fingerprint density at radius 3 is 3.00 bits per heavy atom. The third-order valence-electron chi connectivity index (χ3n) is 2.70. The van der Waals surface area contributed by atoms with Crippen molar-refractivity contribution in [3.05, 3.63) is 18.2 Å². The maximum absolute atomic E-state index is 11.9. The number of aryl methyl sites for hydroxylation is 1. The van der Waals surface area contributed by atoms with E-state index in [2.05, 4.69) is 18.8 Å². The van der Waals surface area contributed by atoms with Gasteiger partial charge in [-0.15, -0.1) is 0 Å². The van der Waals surface area contributed by atoms with Crippen LogP contribution in [0.3, 0.4) is 0 Å². The summed E-state index contributed by atoms with van der Waals surface area (Å²) >= 11 is 0. The summed E-state index contributed by atoms with van der Waals surface area (Å²) in [5, 5.41) is 0. The molecule has 0 saturated heterocycles. The Morgan fingerprint density at radius 1 is 1.62 bits per heavy atom. The van der Waals surface area contributed by atoms with Gasteiger partial charge in [-0.3, -0.25) is 4.79 Å². The minimum absolute atomic E-state index is 0.124. The molecule has 0 aromatic carbocycles. The van der Waals surface area contributed by atoms with Crippen molar-refractivity contribution in [1.29, 1.82) is 0 Å². The number of carbonyl (C=O) groups excluding carboxylic acids is 1. The summed E-state index contributed by atoms with van der Waals surface area (Å²) < 4.78 is 1.93. The summed E-state index contributed by atoms with van der Waals surface area (Å²) in [6.07, 6.45) is 5.95. The zero-order valence-corrected chi connectivity index (χ0v) is 10.1. The van der Waals surface area contributed by atoms with Crippen molar-refractivity contribution < 1.29 is 4.79 Å². The number of carbonyl (C=O) groups is 1. The number of hydrogen-bond acceptors (Lipinski definition) is 3. The van der Waals surface area contributed by atoms with Crippen LogP contribution < -0.4 is 5.73 Å². The Balaban J connectivity index is 2.55. The standard InChI is InChI=1S/C12H21N3O/c1-3-7-15-8-6-14-12(15)11(16)5-4-10(2)9-13/h6,8,10H,3-5,7,9,13H2,1-2H3. The quantitative estimate of drug-likeness (QED) is 0.718. The van der Waals surface area contributed by atoms with E-state index in [1.807, 2.05) is 10.8 Å². The first kappa shape index (κ1) is 12.9. The Morgan fingerprint density at radius 2 is 2.38 bits per heavy atom. The molecule has 4 nitrogen and oxygen atoms in total. The molecule has 1 unspecified atom stereocenters. The molecular formula is C12H21N3O. The van der Waals surface area contributed by atoms with Gasteiger partial charge < -0.3 is 10.3 Å². The molecule has 0 spiro atoms. The third kappa shape index (κ3) is 3.45. The average Bonchev–Trinajstić information content (AvgIpc) is 2.74. The number of Topliss-reactive ketones (excluding diaryl/α,β-unsaturated/α-hetero) is 1. The van der Waals surface area contributed by atoms with Gasteiger partial charge in [0.2, 0.25) is 0 Å². The fraction of sp³-hybridized carbons (Fsp3) is 0.667. The number of nitrogens with zero attached hydrogens (tertiary/aromatic N) is 2. The molecular weight excluding hydrogens is 202 g/mol. The first-order valence-electron chi connectivity index (χ1n) is 5.93. The van der Waals surface area contributed by atoms with Crippen molar-refractivity contribution in [2.24, 2.45) is 11.7 Å². The minimum Gasteiger partial charge on any atom is -0.330 e. The zero-order valence-electron chi connectivity index (χ0n) is 10.1. The van der Waals surface area contributed by atoms with E-state index < -0.39 is 0 Å². The molecule has 0 amide bonds. The van der Waals surface area contributed by atoms with E-state index in [-0.39, 0.29) is 5.78 Å². The maximum Gasteiger partial charge on any atom is 0.198 e. The number of nitrogens with two attached hydrogens (primary N) is 1. The van der Waals surface area contributed by atoms with Gasteiger partial charge in [0.15, 0.2) is 11.6 Å². The second kappa shape index (κ2) is 6.43. The van der Waals surface area contributed by atoms with Crippen LogP contribution in [0.1, 0.15) is 43.7 Å². The van der Waals surface area contributed by atoms with Crippen molar-refractivity contribution in [1.82, 2.24) is 9.55 Å². The SMILES string of the molecule is CCCn1ccnc1C(=O)CCC(C)CN. The highest BCUT2D eigenvalue weighted by Gasteiger charge is 2.13. The highest BCUT2D eigenvalue weighted by atomic mass is 16.1. The van der Waals surface area contributed by atoms with Crippen LogP contribution in [-0.4, -0.2) is 21.9 Å². The molecule has 0 aliphatic rings. The normalized spacial score (nSPS) is 12.7. The Kier molecular flexibility index (Phi) is 5.19. The van der Waals surface area contributed by atoms with Crippen LogP contribution in [0.4, 0.5) is 0 Å². The van der Waals surface area contributed by atoms with Gasteiger partial charge in [0, 0.05) is 25.4 Å². The molecule has 0 radical (unpaired) electrons. The lowest BCUT2D eigenvalue weighted by Gasteiger charge is -2.08. The van der Waals surface area contributed by atoms with Crippen LogP contribution in [0.5, 0.6) is 0 Å². The topological polar surface area (TPSA) is 60.9 Å². The Hall–Kier alpha value is -1.16. The molecule has 90 valence electrons. The van der Waals surface area contributed by atoms with Gasteiger partial charge in [-0.2, -0.15) is 0 Å². The molecule has 1 aromatic heterocycles. The van der Waals surface area contributed by atoms with E-state index >= 15 is 0 Å². The number of aromatic nitrogens is 2. The van der Waals surface area contributed by atoms with E-state index in [1.165, 1.54) is 0 Å². The lowest BCUT2D eigenvalue weighted by molar-refractivity contribution is 0.0960. The summed E-state index contributed by atoms with van der Waals surface area (Å²) in [6.45, 7) is 5.64. The maximum atomic E-state index is 11.9. The molecule has 2 N–H and O–H groups in total. The number of ketones is 1. The first-order chi connectivity index (χ1) is 7.69. The summed E-state index contributed by atoms with van der Waals surface area (Å²) in [7, 11) is 0. The van der Waals surface area contributed by atoms with Crippen LogP contribution in [-0.2, 0) is 6.54 Å². The second-order valence-corrected chi connectivity index (χ2v) is 4.25. The second-order valence-electron chi connectivity index (χ2n) is 4.25. The fourth-order valence-corrected chi connectivity index (χ4v) is 1.59. The number of imidazole rings is 1. The molecule has 4 heteroatoms. The summed E-state index contributed by atoms with van der Waals surface area (Å²) in [4.78, 5) is 16.0. The van der Waals surface area contributed by atoms with Crippen molar-refractivity contribution in [2.45, 2.75) is 39.7 Å². The van der Waals surface area contributed by atoms with Crippen molar-refractivity contribution in [3.63, 3.8) is 0 Å². The van der Waals surface area contributed by atoms with E-state index in [0.717, 1.165) is 19.4 Å². The van der Waals surface area contributed by atoms with Crippen LogP contribution in [0, 0.1) is 5.92 Å². The average molecular weight is 223 g/mol. The van der Waals surface area contributed by atoms with Crippen molar-refractivity contribution in [2.75, 3.05) is 6.54 Å². The summed E-state index contributed by atoms with van der Waals surface area (Å²) in [5.41, 5.74) is 5.52. The van der Waals surface area contributed by atoms with Gasteiger partial charge in [0.25, 0.3) is 0 Å². The fourth-order valence-electron chi connectivity index (χ4n) is 1.59. The molecule has 0 saturated carbocycles. The first-order valence-corrected chi connectivity index (χ1v) is 5.93. The molecule has 0 fully saturated rings. The minimum atomic E-state index is 0.124. The van der Waals surface area contributed by atoms with Gasteiger partial charge in [-0.25, -0.2) is 4.98 Å². The largest absolute Gasteiger partial charge is 0.330 e. The van der Waals surface area contributed by atoms with Gasteiger partial charge in [-0.1, -0.05) is 13.8 Å². The molecule has 0 bridgehead atoms. The van der Waals surface area contributed by atoms with Crippen LogP contribution in [0.25, 0.3) is 0 Å². The Bertz CT molecular complexity index is 333. The van der Waals surface area contributed by atoms with Gasteiger partial charge in [-0.05, 0) is 25.3 Å². The zero-order chi connectivity index (χ0) is 12.0. The molecule has 1 aromatic rings.